The van der Waals surface area contributed by atoms with Crippen LogP contribution < -0.4 is 0 Å². The van der Waals surface area contributed by atoms with Crippen LogP contribution in [0.5, 0.6) is 0 Å². The summed E-state index contributed by atoms with van der Waals surface area (Å²) in [6.07, 6.45) is 9.10. The van der Waals surface area contributed by atoms with Crippen LogP contribution in [0.25, 0.3) is 0 Å². The van der Waals surface area contributed by atoms with Crippen LogP contribution in [0.3, 0.4) is 0 Å². The van der Waals surface area contributed by atoms with E-state index in [0.717, 1.165) is 5.92 Å². The first-order chi connectivity index (χ1) is 4.43. The molecule has 0 aromatic rings. The molecule has 0 radical (unpaired) electrons. The first-order valence-corrected chi connectivity index (χ1v) is 5.79. The fourth-order valence-electron chi connectivity index (χ4n) is 1.65. The van der Waals surface area contributed by atoms with E-state index in [1.54, 1.807) is 0 Å². The first kappa shape index (κ1) is 7.54. The highest BCUT2D eigenvalue weighted by molar-refractivity contribution is 7.36. The van der Waals surface area contributed by atoms with Gasteiger partial charge >= 0.3 is 0 Å². The summed E-state index contributed by atoms with van der Waals surface area (Å²) in [6.45, 7) is 2.31. The standard InChI is InChI=1S/C8H17P/c1-9-7-6-8-4-2-3-5-8/h8-9H,2-7H2,1H3. The summed E-state index contributed by atoms with van der Waals surface area (Å²) in [5.41, 5.74) is 0. The van der Waals surface area contributed by atoms with Crippen LogP contribution in [0.2, 0.25) is 0 Å². The van der Waals surface area contributed by atoms with Crippen LogP contribution in [0.4, 0.5) is 0 Å². The molecule has 1 atom stereocenters. The number of rotatable bonds is 3. The molecule has 1 aliphatic rings. The molecule has 0 aromatic carbocycles. The molecule has 0 amide bonds. The molecule has 1 aliphatic carbocycles. The largest absolute Gasteiger partial charge is 0.125 e. The lowest BCUT2D eigenvalue weighted by Gasteiger charge is -2.05. The summed E-state index contributed by atoms with van der Waals surface area (Å²) >= 11 is 0. The van der Waals surface area contributed by atoms with Crippen LogP contribution in [0.15, 0.2) is 0 Å². The molecular formula is C8H17P. The lowest BCUT2D eigenvalue weighted by molar-refractivity contribution is 0.534. The fraction of sp³-hybridized carbons (Fsp3) is 1.00. The molecule has 1 rings (SSSR count). The van der Waals surface area contributed by atoms with E-state index < -0.39 is 0 Å². The second-order valence-corrected chi connectivity index (χ2v) is 4.25. The molecule has 0 heterocycles. The van der Waals surface area contributed by atoms with Crippen molar-refractivity contribution in [3.63, 3.8) is 0 Å². The van der Waals surface area contributed by atoms with Crippen molar-refractivity contribution in [2.45, 2.75) is 32.1 Å². The van der Waals surface area contributed by atoms with Gasteiger partial charge in [0.05, 0.1) is 0 Å². The smallest absolute Gasteiger partial charge is 0.0353 e. The zero-order valence-corrected chi connectivity index (χ0v) is 7.32. The maximum atomic E-state index is 2.31. The summed E-state index contributed by atoms with van der Waals surface area (Å²) in [6, 6.07) is 0. The van der Waals surface area contributed by atoms with E-state index in [2.05, 4.69) is 6.66 Å². The van der Waals surface area contributed by atoms with E-state index >= 15 is 0 Å². The maximum Gasteiger partial charge on any atom is -0.0353 e. The Morgan fingerprint density at radius 3 is 2.56 bits per heavy atom. The Balaban J connectivity index is 1.98. The van der Waals surface area contributed by atoms with Gasteiger partial charge < -0.3 is 0 Å². The summed E-state index contributed by atoms with van der Waals surface area (Å²) in [7, 11) is 1.18. The van der Waals surface area contributed by atoms with Crippen molar-refractivity contribution in [3.05, 3.63) is 0 Å². The zero-order valence-electron chi connectivity index (χ0n) is 6.32. The monoisotopic (exact) mass is 144 g/mol. The highest BCUT2D eigenvalue weighted by atomic mass is 31.1. The molecule has 0 N–H and O–H groups in total. The average Bonchev–Trinajstić information content (AvgIpc) is 2.34. The van der Waals surface area contributed by atoms with E-state index in [1.807, 2.05) is 0 Å². The van der Waals surface area contributed by atoms with E-state index in [1.165, 1.54) is 46.8 Å². The van der Waals surface area contributed by atoms with Gasteiger partial charge in [-0.3, -0.25) is 0 Å². The van der Waals surface area contributed by atoms with Crippen LogP contribution in [-0.2, 0) is 0 Å². The molecule has 0 bridgehead atoms. The van der Waals surface area contributed by atoms with Gasteiger partial charge in [-0.15, -0.1) is 8.58 Å². The predicted molar refractivity (Wildman–Crippen MR) is 45.7 cm³/mol. The van der Waals surface area contributed by atoms with Crippen molar-refractivity contribution in [2.24, 2.45) is 5.92 Å². The minimum absolute atomic E-state index is 1.12. The fourth-order valence-corrected chi connectivity index (χ4v) is 2.34. The molecule has 1 unspecified atom stereocenters. The molecular weight excluding hydrogens is 127 g/mol. The van der Waals surface area contributed by atoms with Crippen molar-refractivity contribution in [2.75, 3.05) is 12.8 Å². The SMILES string of the molecule is CPCCC1CCCC1. The third-order valence-electron chi connectivity index (χ3n) is 2.28. The number of hydrogen-bond donors (Lipinski definition) is 0. The normalized spacial score (nSPS) is 22.3. The molecule has 1 saturated carbocycles. The Labute approximate surface area is 60.2 Å². The highest BCUT2D eigenvalue weighted by Gasteiger charge is 2.13. The van der Waals surface area contributed by atoms with Gasteiger partial charge in [0.25, 0.3) is 0 Å². The summed E-state index contributed by atoms with van der Waals surface area (Å²) in [5.74, 6) is 1.12. The van der Waals surface area contributed by atoms with E-state index in [9.17, 15) is 0 Å². The minimum Gasteiger partial charge on any atom is -0.125 e. The van der Waals surface area contributed by atoms with Gasteiger partial charge in [-0.2, -0.15) is 0 Å². The van der Waals surface area contributed by atoms with Crippen LogP contribution >= 0.6 is 8.58 Å². The molecule has 0 nitrogen and oxygen atoms in total. The second kappa shape index (κ2) is 4.28. The van der Waals surface area contributed by atoms with E-state index in [4.69, 9.17) is 0 Å². The quantitative estimate of drug-likeness (QED) is 0.534. The summed E-state index contributed by atoms with van der Waals surface area (Å²) < 4.78 is 0. The van der Waals surface area contributed by atoms with Crippen molar-refractivity contribution < 1.29 is 0 Å². The van der Waals surface area contributed by atoms with Crippen LogP contribution in [-0.4, -0.2) is 12.8 Å². The van der Waals surface area contributed by atoms with Crippen molar-refractivity contribution in [1.82, 2.24) is 0 Å². The Bertz CT molecular complexity index is 65.0. The Morgan fingerprint density at radius 2 is 2.00 bits per heavy atom. The van der Waals surface area contributed by atoms with Gasteiger partial charge in [-0.05, 0) is 25.2 Å². The molecule has 0 aliphatic heterocycles. The van der Waals surface area contributed by atoms with Gasteiger partial charge in [-0.1, -0.05) is 25.7 Å². The minimum atomic E-state index is 1.12. The average molecular weight is 144 g/mol. The third-order valence-corrected chi connectivity index (χ3v) is 3.07. The summed E-state index contributed by atoms with van der Waals surface area (Å²) in [5, 5.41) is 0. The third kappa shape index (κ3) is 2.67. The Hall–Kier alpha value is 0.430. The Kier molecular flexibility index (Phi) is 3.58. The maximum absolute atomic E-state index is 2.31. The molecule has 0 spiro atoms. The van der Waals surface area contributed by atoms with Crippen molar-refractivity contribution in [1.29, 1.82) is 0 Å². The molecule has 1 heteroatoms. The lowest BCUT2D eigenvalue weighted by atomic mass is 10.1. The van der Waals surface area contributed by atoms with Crippen LogP contribution in [0, 0.1) is 5.92 Å². The highest BCUT2D eigenvalue weighted by Crippen LogP contribution is 2.28. The predicted octanol–water partition coefficient (Wildman–Crippen LogP) is 2.88. The number of hydrogen-bond acceptors (Lipinski definition) is 0. The van der Waals surface area contributed by atoms with Gasteiger partial charge in [0.2, 0.25) is 0 Å². The molecule has 1 fully saturated rings. The zero-order chi connectivity index (χ0) is 6.53. The van der Waals surface area contributed by atoms with E-state index in [-0.39, 0.29) is 0 Å². The van der Waals surface area contributed by atoms with Gasteiger partial charge in [0.1, 0.15) is 0 Å². The summed E-state index contributed by atoms with van der Waals surface area (Å²) in [4.78, 5) is 0. The van der Waals surface area contributed by atoms with Gasteiger partial charge in [0, 0.05) is 0 Å². The molecule has 9 heavy (non-hydrogen) atoms. The second-order valence-electron chi connectivity index (χ2n) is 3.04. The van der Waals surface area contributed by atoms with E-state index in [0.29, 0.717) is 0 Å². The van der Waals surface area contributed by atoms with Gasteiger partial charge in [-0.25, -0.2) is 0 Å². The Morgan fingerprint density at radius 1 is 1.33 bits per heavy atom. The molecule has 54 valence electrons. The van der Waals surface area contributed by atoms with Crippen molar-refractivity contribution >= 4 is 8.58 Å². The molecule has 0 aromatic heterocycles. The van der Waals surface area contributed by atoms with Crippen molar-refractivity contribution in [3.8, 4) is 0 Å². The topological polar surface area (TPSA) is 0 Å². The molecule has 0 saturated heterocycles. The van der Waals surface area contributed by atoms with Crippen LogP contribution in [0.1, 0.15) is 32.1 Å². The van der Waals surface area contributed by atoms with Gasteiger partial charge in [0.15, 0.2) is 0 Å². The first-order valence-electron chi connectivity index (χ1n) is 4.08. The lowest BCUT2D eigenvalue weighted by Crippen LogP contribution is -1.93.